The molecule has 0 heterocycles. The van der Waals surface area contributed by atoms with E-state index in [1.54, 1.807) is 6.92 Å². The second kappa shape index (κ2) is 7.77. The third-order valence-electron chi connectivity index (χ3n) is 4.27. The van der Waals surface area contributed by atoms with Crippen LogP contribution in [0.1, 0.15) is 59.3 Å². The van der Waals surface area contributed by atoms with Gasteiger partial charge >= 0.3 is 5.97 Å². The summed E-state index contributed by atoms with van der Waals surface area (Å²) in [4.78, 5) is 25.3. The smallest absolute Gasteiger partial charge is 0.306 e. The lowest BCUT2D eigenvalue weighted by Gasteiger charge is -2.38. The molecule has 0 aliphatic heterocycles. The van der Waals surface area contributed by atoms with Crippen LogP contribution in [-0.2, 0) is 14.3 Å². The van der Waals surface area contributed by atoms with Gasteiger partial charge in [0.2, 0.25) is 0 Å². The number of carbonyl (C=O) groups excluding carboxylic acids is 2. The molecule has 4 nitrogen and oxygen atoms in total. The van der Waals surface area contributed by atoms with E-state index in [0.717, 1.165) is 12.8 Å². The van der Waals surface area contributed by atoms with Gasteiger partial charge in [-0.1, -0.05) is 13.8 Å². The van der Waals surface area contributed by atoms with Gasteiger partial charge in [0.15, 0.2) is 0 Å². The fourth-order valence-corrected chi connectivity index (χ4v) is 2.79. The summed E-state index contributed by atoms with van der Waals surface area (Å²) in [5, 5.41) is 0. The van der Waals surface area contributed by atoms with Crippen LogP contribution < -0.4 is 0 Å². The van der Waals surface area contributed by atoms with E-state index in [9.17, 15) is 9.59 Å². The summed E-state index contributed by atoms with van der Waals surface area (Å²) >= 11 is 0. The molecule has 1 fully saturated rings. The Labute approximate surface area is 122 Å². The number of ketones is 1. The van der Waals surface area contributed by atoms with E-state index in [-0.39, 0.29) is 18.2 Å². The minimum atomic E-state index is -0.275. The highest BCUT2D eigenvalue weighted by Gasteiger charge is 2.29. The second-order valence-electron chi connectivity index (χ2n) is 6.65. The molecule has 20 heavy (non-hydrogen) atoms. The Bertz CT molecular complexity index is 329. The van der Waals surface area contributed by atoms with Crippen molar-refractivity contribution in [3.8, 4) is 0 Å². The normalized spacial score (nSPS) is 19.1. The van der Waals surface area contributed by atoms with Gasteiger partial charge in [0, 0.05) is 12.5 Å². The summed E-state index contributed by atoms with van der Waals surface area (Å²) in [6.45, 7) is 7.23. The van der Waals surface area contributed by atoms with Crippen molar-refractivity contribution in [2.45, 2.75) is 65.3 Å². The quantitative estimate of drug-likeness (QED) is 0.674. The maximum Gasteiger partial charge on any atom is 0.306 e. The van der Waals surface area contributed by atoms with Gasteiger partial charge in [0.25, 0.3) is 0 Å². The zero-order valence-electron chi connectivity index (χ0n) is 13.4. The molecule has 0 aromatic carbocycles. The fourth-order valence-electron chi connectivity index (χ4n) is 2.79. The SMILES string of the molecule is CCOC(=O)CCC(=O)CN(C)C1CCC(C)(C)CC1. The van der Waals surface area contributed by atoms with Crippen LogP contribution in [-0.4, -0.2) is 42.9 Å². The van der Waals surface area contributed by atoms with Gasteiger partial charge in [-0.3, -0.25) is 14.5 Å². The molecule has 116 valence electrons. The van der Waals surface area contributed by atoms with Crippen molar-refractivity contribution in [3.05, 3.63) is 0 Å². The number of ether oxygens (including phenoxy) is 1. The summed E-state index contributed by atoms with van der Waals surface area (Å²) in [6, 6.07) is 0.509. The van der Waals surface area contributed by atoms with Crippen LogP contribution in [0.5, 0.6) is 0 Å². The van der Waals surface area contributed by atoms with E-state index in [2.05, 4.69) is 18.7 Å². The van der Waals surface area contributed by atoms with Gasteiger partial charge in [0.05, 0.1) is 19.6 Å². The van der Waals surface area contributed by atoms with Crippen molar-refractivity contribution in [1.29, 1.82) is 0 Å². The number of rotatable bonds is 7. The van der Waals surface area contributed by atoms with Crippen LogP contribution in [0.15, 0.2) is 0 Å². The molecule has 0 spiro atoms. The van der Waals surface area contributed by atoms with Crippen molar-refractivity contribution >= 4 is 11.8 Å². The first-order chi connectivity index (χ1) is 9.34. The average molecular weight is 283 g/mol. The van der Waals surface area contributed by atoms with Crippen molar-refractivity contribution in [2.75, 3.05) is 20.2 Å². The van der Waals surface area contributed by atoms with E-state index in [1.807, 2.05) is 7.05 Å². The topological polar surface area (TPSA) is 46.6 Å². The van der Waals surface area contributed by atoms with Crippen LogP contribution in [0.3, 0.4) is 0 Å². The highest BCUT2D eigenvalue weighted by atomic mass is 16.5. The van der Waals surface area contributed by atoms with Gasteiger partial charge < -0.3 is 4.74 Å². The van der Waals surface area contributed by atoms with E-state index >= 15 is 0 Å². The summed E-state index contributed by atoms with van der Waals surface area (Å²) in [5.74, 6) is -0.145. The largest absolute Gasteiger partial charge is 0.466 e. The predicted molar refractivity (Wildman–Crippen MR) is 79.5 cm³/mol. The Morgan fingerprint density at radius 1 is 1.20 bits per heavy atom. The number of nitrogens with zero attached hydrogens (tertiary/aromatic N) is 1. The van der Waals surface area contributed by atoms with Crippen molar-refractivity contribution < 1.29 is 14.3 Å². The van der Waals surface area contributed by atoms with Crippen molar-refractivity contribution in [3.63, 3.8) is 0 Å². The molecule has 0 N–H and O–H groups in total. The molecule has 1 rings (SSSR count). The molecule has 0 atom stereocenters. The maximum absolute atomic E-state index is 11.9. The van der Waals surface area contributed by atoms with Crippen LogP contribution in [0.25, 0.3) is 0 Å². The maximum atomic E-state index is 11.9. The van der Waals surface area contributed by atoms with Crippen molar-refractivity contribution in [2.24, 2.45) is 5.41 Å². The number of likely N-dealkylation sites (N-methyl/N-ethyl adjacent to an activating group) is 1. The summed E-state index contributed by atoms with van der Waals surface area (Å²) in [6.07, 6.45) is 5.26. The standard InChI is InChI=1S/C16H29NO3/c1-5-20-15(19)7-6-14(18)12-17(4)13-8-10-16(2,3)11-9-13/h13H,5-12H2,1-4H3. The molecule has 0 amide bonds. The molecular formula is C16H29NO3. The first kappa shape index (κ1) is 17.2. The molecule has 1 aliphatic carbocycles. The minimum absolute atomic E-state index is 0.130. The molecule has 0 saturated heterocycles. The van der Waals surface area contributed by atoms with Crippen molar-refractivity contribution in [1.82, 2.24) is 4.90 Å². The summed E-state index contributed by atoms with van der Waals surface area (Å²) in [5.41, 5.74) is 0.450. The second-order valence-corrected chi connectivity index (χ2v) is 6.65. The lowest BCUT2D eigenvalue weighted by atomic mass is 9.75. The number of esters is 1. The summed E-state index contributed by atoms with van der Waals surface area (Å²) < 4.78 is 4.83. The van der Waals surface area contributed by atoms with E-state index in [0.29, 0.717) is 31.0 Å². The van der Waals surface area contributed by atoms with Gasteiger partial charge in [-0.15, -0.1) is 0 Å². The van der Waals surface area contributed by atoms with Crippen LogP contribution >= 0.6 is 0 Å². The molecule has 0 bridgehead atoms. The van der Waals surface area contributed by atoms with E-state index < -0.39 is 0 Å². The first-order valence-electron chi connectivity index (χ1n) is 7.71. The van der Waals surface area contributed by atoms with E-state index in [1.165, 1.54) is 12.8 Å². The summed E-state index contributed by atoms with van der Waals surface area (Å²) in [7, 11) is 2.02. The lowest BCUT2D eigenvalue weighted by molar-refractivity contribution is -0.144. The molecule has 0 aromatic rings. The average Bonchev–Trinajstić information content (AvgIpc) is 2.36. The zero-order chi connectivity index (χ0) is 15.2. The van der Waals surface area contributed by atoms with E-state index in [4.69, 9.17) is 4.74 Å². The monoisotopic (exact) mass is 283 g/mol. The number of Topliss-reactive ketones (excluding diaryl/α,β-unsaturated/α-hetero) is 1. The van der Waals surface area contributed by atoms with Crippen LogP contribution in [0, 0.1) is 5.41 Å². The number of carbonyl (C=O) groups is 2. The zero-order valence-corrected chi connectivity index (χ0v) is 13.4. The Hall–Kier alpha value is -0.900. The lowest BCUT2D eigenvalue weighted by Crippen LogP contribution is -2.39. The molecule has 1 saturated carbocycles. The van der Waals surface area contributed by atoms with Crippen LogP contribution in [0.4, 0.5) is 0 Å². The fraction of sp³-hybridized carbons (Fsp3) is 0.875. The Morgan fingerprint density at radius 3 is 2.35 bits per heavy atom. The molecular weight excluding hydrogens is 254 g/mol. The predicted octanol–water partition coefficient (Wildman–Crippen LogP) is 2.80. The van der Waals surface area contributed by atoms with Gasteiger partial charge in [-0.2, -0.15) is 0 Å². The molecule has 0 aromatic heterocycles. The third-order valence-corrected chi connectivity index (χ3v) is 4.27. The van der Waals surface area contributed by atoms with Gasteiger partial charge in [0.1, 0.15) is 5.78 Å². The minimum Gasteiger partial charge on any atom is -0.466 e. The van der Waals surface area contributed by atoms with Gasteiger partial charge in [-0.25, -0.2) is 0 Å². The molecule has 1 aliphatic rings. The number of hydrogen-bond acceptors (Lipinski definition) is 4. The van der Waals surface area contributed by atoms with Crippen LogP contribution in [0.2, 0.25) is 0 Å². The Morgan fingerprint density at radius 2 is 1.80 bits per heavy atom. The Balaban J connectivity index is 2.26. The number of hydrogen-bond donors (Lipinski definition) is 0. The molecule has 4 heteroatoms. The Kier molecular flexibility index (Phi) is 6.66. The highest BCUT2D eigenvalue weighted by molar-refractivity contribution is 5.84. The third kappa shape index (κ3) is 6.04. The molecule has 0 unspecified atom stereocenters. The van der Waals surface area contributed by atoms with Gasteiger partial charge in [-0.05, 0) is 45.1 Å². The highest BCUT2D eigenvalue weighted by Crippen LogP contribution is 2.36. The first-order valence-corrected chi connectivity index (χ1v) is 7.71. The molecule has 0 radical (unpaired) electrons.